The van der Waals surface area contributed by atoms with Gasteiger partial charge in [-0.1, -0.05) is 58.4 Å². The van der Waals surface area contributed by atoms with E-state index < -0.39 is 10.0 Å². The van der Waals surface area contributed by atoms with Crippen LogP contribution in [0.15, 0.2) is 93.3 Å². The van der Waals surface area contributed by atoms with E-state index in [0.29, 0.717) is 17.2 Å². The molecule has 0 saturated carbocycles. The summed E-state index contributed by atoms with van der Waals surface area (Å²) in [5.74, 6) is 1.22. The molecule has 8 heteroatoms. The number of nitrogens with zero attached hydrogens (tertiary/aromatic N) is 1. The van der Waals surface area contributed by atoms with Crippen molar-refractivity contribution in [3.8, 4) is 11.5 Å². The Balaban J connectivity index is 1.94. The molecule has 0 bridgehead atoms. The van der Waals surface area contributed by atoms with Crippen LogP contribution in [-0.2, 0) is 10.0 Å². The average Bonchev–Trinajstić information content (AvgIpc) is 2.80. The Hall–Kier alpha value is -3.10. The molecule has 0 unspecified atom stereocenters. The molecule has 0 aliphatic carbocycles. The van der Waals surface area contributed by atoms with Crippen molar-refractivity contribution in [2.24, 2.45) is 5.10 Å². The molecule has 160 valence electrons. The Labute approximate surface area is 190 Å². The summed E-state index contributed by atoms with van der Waals surface area (Å²) in [4.78, 5) is 2.45. The molecule has 1 N–H and O–H groups in total. The van der Waals surface area contributed by atoms with Crippen molar-refractivity contribution in [2.45, 2.75) is 4.90 Å². The van der Waals surface area contributed by atoms with E-state index in [0.717, 1.165) is 15.6 Å². The largest absolute Gasteiger partial charge is 0.493 e. The minimum atomic E-state index is -3.79. The van der Waals surface area contributed by atoms with Crippen LogP contribution in [0.4, 0.5) is 0 Å². The Kier molecular flexibility index (Phi) is 7.49. The van der Waals surface area contributed by atoms with Gasteiger partial charge in [-0.3, -0.25) is 0 Å². The number of allylic oxidation sites excluding steroid dienone is 1. The van der Waals surface area contributed by atoms with E-state index >= 15 is 0 Å². The van der Waals surface area contributed by atoms with E-state index in [9.17, 15) is 8.42 Å². The van der Waals surface area contributed by atoms with Crippen LogP contribution in [0.3, 0.4) is 0 Å². The van der Waals surface area contributed by atoms with Crippen LogP contribution in [0.2, 0.25) is 0 Å². The SMILES string of the molecule is COc1ccc(/C=C/C(=N\NS(=O)(=O)c2ccccc2)c2ccc(Br)cc2)cc1OC. The third kappa shape index (κ3) is 5.96. The molecule has 0 saturated heterocycles. The minimum Gasteiger partial charge on any atom is -0.493 e. The molecule has 0 amide bonds. The first kappa shape index (κ1) is 22.6. The van der Waals surface area contributed by atoms with Crippen molar-refractivity contribution in [3.05, 3.63) is 94.5 Å². The quantitative estimate of drug-likeness (QED) is 0.353. The maximum absolute atomic E-state index is 12.6. The molecule has 0 aromatic heterocycles. The smallest absolute Gasteiger partial charge is 0.276 e. The van der Waals surface area contributed by atoms with Crippen LogP contribution < -0.4 is 14.3 Å². The van der Waals surface area contributed by atoms with Gasteiger partial charge in [0.25, 0.3) is 10.0 Å². The lowest BCUT2D eigenvalue weighted by atomic mass is 10.1. The molecule has 0 radical (unpaired) electrons. The second-order valence-electron chi connectivity index (χ2n) is 6.36. The summed E-state index contributed by atoms with van der Waals surface area (Å²) in [6.45, 7) is 0. The van der Waals surface area contributed by atoms with Gasteiger partial charge in [0.15, 0.2) is 11.5 Å². The monoisotopic (exact) mass is 500 g/mol. The van der Waals surface area contributed by atoms with Gasteiger partial charge in [0.2, 0.25) is 0 Å². The Bertz CT molecular complexity index is 1190. The van der Waals surface area contributed by atoms with Gasteiger partial charge in [-0.25, -0.2) is 0 Å². The third-order valence-corrected chi connectivity index (χ3v) is 6.07. The first-order chi connectivity index (χ1) is 14.9. The number of methoxy groups -OCH3 is 2. The maximum atomic E-state index is 12.6. The van der Waals surface area contributed by atoms with E-state index in [-0.39, 0.29) is 4.90 Å². The molecule has 0 aliphatic heterocycles. The van der Waals surface area contributed by atoms with E-state index in [2.05, 4.69) is 25.9 Å². The average molecular weight is 501 g/mol. The molecule has 0 atom stereocenters. The highest BCUT2D eigenvalue weighted by Gasteiger charge is 2.12. The van der Waals surface area contributed by atoms with E-state index in [4.69, 9.17) is 9.47 Å². The first-order valence-electron chi connectivity index (χ1n) is 9.23. The molecule has 3 aromatic rings. The molecule has 0 spiro atoms. The molecule has 3 aromatic carbocycles. The Morgan fingerprint density at radius 1 is 0.935 bits per heavy atom. The number of hydrogen-bond acceptors (Lipinski definition) is 5. The zero-order valence-corrected chi connectivity index (χ0v) is 19.4. The number of sulfonamides is 1. The molecule has 31 heavy (non-hydrogen) atoms. The number of nitrogens with one attached hydrogen (secondary N) is 1. The molecular formula is C23H21BrN2O4S. The fourth-order valence-electron chi connectivity index (χ4n) is 2.71. The number of benzene rings is 3. The van der Waals surface area contributed by atoms with Crippen molar-refractivity contribution in [2.75, 3.05) is 14.2 Å². The highest BCUT2D eigenvalue weighted by Crippen LogP contribution is 2.28. The number of rotatable bonds is 8. The highest BCUT2D eigenvalue weighted by molar-refractivity contribution is 9.10. The van der Waals surface area contributed by atoms with Gasteiger partial charge >= 0.3 is 0 Å². The molecule has 0 heterocycles. The van der Waals surface area contributed by atoms with E-state index in [1.807, 2.05) is 42.5 Å². The summed E-state index contributed by atoms with van der Waals surface area (Å²) in [5, 5.41) is 4.18. The van der Waals surface area contributed by atoms with Crippen LogP contribution in [0.25, 0.3) is 6.08 Å². The predicted molar refractivity (Wildman–Crippen MR) is 126 cm³/mol. The minimum absolute atomic E-state index is 0.137. The van der Waals surface area contributed by atoms with Crippen LogP contribution in [-0.4, -0.2) is 28.3 Å². The van der Waals surface area contributed by atoms with Crippen molar-refractivity contribution in [3.63, 3.8) is 0 Å². The molecule has 0 aliphatic rings. The first-order valence-corrected chi connectivity index (χ1v) is 11.5. The molecule has 6 nitrogen and oxygen atoms in total. The number of hydrazone groups is 1. The van der Waals surface area contributed by atoms with Gasteiger partial charge in [0.1, 0.15) is 0 Å². The summed E-state index contributed by atoms with van der Waals surface area (Å²) >= 11 is 3.41. The van der Waals surface area contributed by atoms with Crippen LogP contribution >= 0.6 is 15.9 Å². The lowest BCUT2D eigenvalue weighted by Crippen LogP contribution is -2.20. The Morgan fingerprint density at radius 2 is 1.61 bits per heavy atom. The van der Waals surface area contributed by atoms with Crippen LogP contribution in [0, 0.1) is 0 Å². The summed E-state index contributed by atoms with van der Waals surface area (Å²) < 4.78 is 36.6. The lowest BCUT2D eigenvalue weighted by molar-refractivity contribution is 0.355. The maximum Gasteiger partial charge on any atom is 0.276 e. The summed E-state index contributed by atoms with van der Waals surface area (Å²) in [5.41, 5.74) is 2.03. The zero-order valence-electron chi connectivity index (χ0n) is 16.9. The van der Waals surface area contributed by atoms with Gasteiger partial charge in [-0.15, -0.1) is 0 Å². The number of hydrogen-bond donors (Lipinski definition) is 1. The summed E-state index contributed by atoms with van der Waals surface area (Å²) in [7, 11) is -0.650. The van der Waals surface area contributed by atoms with Crippen molar-refractivity contribution >= 4 is 37.7 Å². The molecule has 3 rings (SSSR count). The van der Waals surface area contributed by atoms with E-state index in [1.165, 1.54) is 12.1 Å². The van der Waals surface area contributed by atoms with Crippen molar-refractivity contribution < 1.29 is 17.9 Å². The Morgan fingerprint density at radius 3 is 2.26 bits per heavy atom. The topological polar surface area (TPSA) is 77.0 Å². The normalized spacial score (nSPS) is 12.0. The molecule has 0 fully saturated rings. The van der Waals surface area contributed by atoms with Crippen LogP contribution in [0.5, 0.6) is 11.5 Å². The van der Waals surface area contributed by atoms with Crippen LogP contribution in [0.1, 0.15) is 11.1 Å². The molecular weight excluding hydrogens is 480 g/mol. The third-order valence-electron chi connectivity index (χ3n) is 4.32. The number of halogens is 1. The summed E-state index contributed by atoms with van der Waals surface area (Å²) in [6.07, 6.45) is 3.55. The fourth-order valence-corrected chi connectivity index (χ4v) is 3.82. The lowest BCUT2D eigenvalue weighted by Gasteiger charge is -2.08. The fraction of sp³-hybridized carbons (Fsp3) is 0.0870. The standard InChI is InChI=1S/C23H21BrN2O4S/c1-29-22-15-9-17(16-23(22)30-2)8-14-21(18-10-12-19(24)13-11-18)25-26-31(27,28)20-6-4-3-5-7-20/h3-16,26H,1-2H3/b14-8+,25-21+. The van der Waals surface area contributed by atoms with Gasteiger partial charge in [0, 0.05) is 10.0 Å². The number of ether oxygens (including phenoxy) is 2. The van der Waals surface area contributed by atoms with Gasteiger partial charge in [-0.2, -0.15) is 18.4 Å². The predicted octanol–water partition coefficient (Wildman–Crippen LogP) is 4.86. The second-order valence-corrected chi connectivity index (χ2v) is 8.94. The van der Waals surface area contributed by atoms with Crippen molar-refractivity contribution in [1.29, 1.82) is 0 Å². The van der Waals surface area contributed by atoms with Gasteiger partial charge in [-0.05, 0) is 48.0 Å². The van der Waals surface area contributed by atoms with E-state index in [1.54, 1.807) is 44.6 Å². The highest BCUT2D eigenvalue weighted by atomic mass is 79.9. The summed E-state index contributed by atoms with van der Waals surface area (Å²) in [6, 6.07) is 21.0. The van der Waals surface area contributed by atoms with Crippen molar-refractivity contribution in [1.82, 2.24) is 4.83 Å². The van der Waals surface area contributed by atoms with Gasteiger partial charge in [0.05, 0.1) is 24.8 Å². The zero-order chi connectivity index (χ0) is 22.3. The van der Waals surface area contributed by atoms with Gasteiger partial charge < -0.3 is 9.47 Å². The second kappa shape index (κ2) is 10.3.